The Hall–Kier alpha value is -0.980. The van der Waals surface area contributed by atoms with Gasteiger partial charge in [0.2, 0.25) is 10.0 Å². The molecule has 20 heavy (non-hydrogen) atoms. The topological polar surface area (TPSA) is 63.4 Å². The van der Waals surface area contributed by atoms with Gasteiger partial charge in [-0.25, -0.2) is 12.8 Å². The Kier molecular flexibility index (Phi) is 4.78. The molecule has 0 aromatic heterocycles. The molecule has 1 aliphatic rings. The summed E-state index contributed by atoms with van der Waals surface area (Å²) >= 11 is 0. The van der Waals surface area contributed by atoms with Crippen LogP contribution in [0.1, 0.15) is 31.7 Å². The van der Waals surface area contributed by atoms with Gasteiger partial charge in [-0.2, -0.15) is 4.31 Å². The fourth-order valence-corrected chi connectivity index (χ4v) is 4.20. The molecule has 1 saturated heterocycles. The van der Waals surface area contributed by atoms with E-state index in [0.29, 0.717) is 24.6 Å². The van der Waals surface area contributed by atoms with Crippen molar-refractivity contribution in [1.29, 1.82) is 0 Å². The number of nitrogens with two attached hydrogens (primary N) is 1. The molecule has 6 heteroatoms. The summed E-state index contributed by atoms with van der Waals surface area (Å²) < 4.78 is 40.5. The lowest BCUT2D eigenvalue weighted by molar-refractivity contribution is 0.261. The zero-order valence-corrected chi connectivity index (χ0v) is 12.5. The lowest BCUT2D eigenvalue weighted by atomic mass is 9.97. The first-order chi connectivity index (χ1) is 9.48. The molecule has 1 unspecified atom stereocenters. The van der Waals surface area contributed by atoms with E-state index in [4.69, 9.17) is 5.73 Å². The van der Waals surface area contributed by atoms with Crippen LogP contribution in [0.5, 0.6) is 0 Å². The molecule has 2 N–H and O–H groups in total. The fourth-order valence-electron chi connectivity index (χ4n) is 2.60. The summed E-state index contributed by atoms with van der Waals surface area (Å²) in [5, 5.41) is 0. The van der Waals surface area contributed by atoms with Gasteiger partial charge in [-0.15, -0.1) is 0 Å². The highest BCUT2D eigenvalue weighted by atomic mass is 32.2. The third-order valence-corrected chi connectivity index (χ3v) is 5.81. The molecule has 1 heterocycles. The first-order valence-corrected chi connectivity index (χ1v) is 8.41. The number of halogens is 1. The van der Waals surface area contributed by atoms with Gasteiger partial charge in [0.15, 0.2) is 0 Å². The number of nitrogens with zero attached hydrogens (tertiary/aromatic N) is 1. The molecule has 0 aliphatic carbocycles. The maximum atomic E-state index is 14.0. The quantitative estimate of drug-likeness (QED) is 0.926. The third kappa shape index (κ3) is 3.02. The average Bonchev–Trinajstić information content (AvgIpc) is 2.46. The Bertz CT molecular complexity index is 575. The summed E-state index contributed by atoms with van der Waals surface area (Å²) in [6.07, 6.45) is 2.82. The standard InChI is InChI=1S/C14H21FN2O2S/c1-2-11-4-3-7-17(10-11)20(18,19)14-6-5-12(9-16)8-13(14)15/h5-6,8,11H,2-4,7,9-10,16H2,1H3. The molecule has 1 atom stereocenters. The first-order valence-electron chi connectivity index (χ1n) is 6.97. The maximum absolute atomic E-state index is 14.0. The van der Waals surface area contributed by atoms with Crippen molar-refractivity contribution in [3.05, 3.63) is 29.6 Å². The average molecular weight is 300 g/mol. The van der Waals surface area contributed by atoms with Crippen molar-refractivity contribution in [2.24, 2.45) is 11.7 Å². The number of rotatable bonds is 4. The summed E-state index contributed by atoms with van der Waals surface area (Å²) in [6.45, 7) is 3.20. The van der Waals surface area contributed by atoms with Gasteiger partial charge in [-0.3, -0.25) is 0 Å². The molecule has 0 saturated carbocycles. The lowest BCUT2D eigenvalue weighted by Crippen LogP contribution is -2.40. The van der Waals surface area contributed by atoms with E-state index < -0.39 is 15.8 Å². The van der Waals surface area contributed by atoms with Crippen molar-refractivity contribution in [3.8, 4) is 0 Å². The van der Waals surface area contributed by atoms with Crippen LogP contribution in [-0.4, -0.2) is 25.8 Å². The summed E-state index contributed by atoms with van der Waals surface area (Å²) in [5.41, 5.74) is 6.02. The zero-order chi connectivity index (χ0) is 14.8. The minimum atomic E-state index is -3.74. The highest BCUT2D eigenvalue weighted by Crippen LogP contribution is 2.26. The van der Waals surface area contributed by atoms with Gasteiger partial charge >= 0.3 is 0 Å². The first kappa shape index (κ1) is 15.4. The molecule has 0 radical (unpaired) electrons. The van der Waals surface area contributed by atoms with Crippen LogP contribution in [0.15, 0.2) is 23.1 Å². The second-order valence-corrected chi connectivity index (χ2v) is 7.15. The van der Waals surface area contributed by atoms with E-state index in [0.717, 1.165) is 19.3 Å². The summed E-state index contributed by atoms with van der Waals surface area (Å²) in [6, 6.07) is 4.09. The van der Waals surface area contributed by atoms with Gasteiger partial charge in [-0.05, 0) is 36.5 Å². The molecule has 0 spiro atoms. The van der Waals surface area contributed by atoms with Crippen molar-refractivity contribution in [1.82, 2.24) is 4.31 Å². The van der Waals surface area contributed by atoms with Crippen LogP contribution in [0, 0.1) is 11.7 Å². The van der Waals surface area contributed by atoms with Crippen LogP contribution in [0.3, 0.4) is 0 Å². The van der Waals surface area contributed by atoms with Gasteiger partial charge in [0.25, 0.3) is 0 Å². The number of hydrogen-bond donors (Lipinski definition) is 1. The summed E-state index contributed by atoms with van der Waals surface area (Å²) in [7, 11) is -3.74. The summed E-state index contributed by atoms with van der Waals surface area (Å²) in [4.78, 5) is -0.244. The van der Waals surface area contributed by atoms with Gasteiger partial charge in [0, 0.05) is 19.6 Å². The predicted molar refractivity (Wildman–Crippen MR) is 76.1 cm³/mol. The second kappa shape index (κ2) is 6.20. The Labute approximate surface area is 119 Å². The van der Waals surface area contributed by atoms with Crippen LogP contribution in [0.4, 0.5) is 4.39 Å². The molecular weight excluding hydrogens is 279 g/mol. The van der Waals surface area contributed by atoms with E-state index in [1.165, 1.54) is 16.4 Å². The third-order valence-electron chi connectivity index (χ3n) is 3.91. The van der Waals surface area contributed by atoms with Crippen LogP contribution in [-0.2, 0) is 16.6 Å². The highest BCUT2D eigenvalue weighted by molar-refractivity contribution is 7.89. The molecule has 0 amide bonds. The molecular formula is C14H21FN2O2S. The second-order valence-electron chi connectivity index (χ2n) is 5.25. The summed E-state index contributed by atoms with van der Waals surface area (Å²) in [5.74, 6) is -0.350. The van der Waals surface area contributed by atoms with Gasteiger partial charge in [0.05, 0.1) is 0 Å². The molecule has 2 rings (SSSR count). The van der Waals surface area contributed by atoms with E-state index in [9.17, 15) is 12.8 Å². The van der Waals surface area contributed by atoms with Gasteiger partial charge < -0.3 is 5.73 Å². The molecule has 1 fully saturated rings. The Morgan fingerprint density at radius 1 is 1.45 bits per heavy atom. The van der Waals surface area contributed by atoms with Crippen molar-refractivity contribution in [3.63, 3.8) is 0 Å². The minimum absolute atomic E-state index is 0.193. The van der Waals surface area contributed by atoms with E-state index in [1.807, 2.05) is 0 Å². The van der Waals surface area contributed by atoms with Crippen molar-refractivity contribution in [2.45, 2.75) is 37.6 Å². The van der Waals surface area contributed by atoms with E-state index in [2.05, 4.69) is 6.92 Å². The minimum Gasteiger partial charge on any atom is -0.326 e. The highest BCUT2D eigenvalue weighted by Gasteiger charge is 2.31. The largest absolute Gasteiger partial charge is 0.326 e. The van der Waals surface area contributed by atoms with Crippen molar-refractivity contribution < 1.29 is 12.8 Å². The number of piperidine rings is 1. The van der Waals surface area contributed by atoms with Gasteiger partial charge in [-0.1, -0.05) is 19.4 Å². The fraction of sp³-hybridized carbons (Fsp3) is 0.571. The Balaban J connectivity index is 2.30. The predicted octanol–water partition coefficient (Wildman–Crippen LogP) is 2.10. The van der Waals surface area contributed by atoms with Crippen LogP contribution >= 0.6 is 0 Å². The zero-order valence-electron chi connectivity index (χ0n) is 11.7. The normalized spacial score (nSPS) is 21.1. The van der Waals surface area contributed by atoms with Gasteiger partial charge in [0.1, 0.15) is 10.7 Å². The lowest BCUT2D eigenvalue weighted by Gasteiger charge is -2.31. The number of hydrogen-bond acceptors (Lipinski definition) is 3. The number of benzene rings is 1. The molecule has 1 aliphatic heterocycles. The van der Waals surface area contributed by atoms with Crippen molar-refractivity contribution in [2.75, 3.05) is 13.1 Å². The number of sulfonamides is 1. The molecule has 0 bridgehead atoms. The smallest absolute Gasteiger partial charge is 0.245 e. The van der Waals surface area contributed by atoms with E-state index in [1.54, 1.807) is 6.07 Å². The van der Waals surface area contributed by atoms with Crippen LogP contribution in [0.2, 0.25) is 0 Å². The van der Waals surface area contributed by atoms with Crippen molar-refractivity contribution >= 4 is 10.0 Å². The van der Waals surface area contributed by atoms with Crippen LogP contribution < -0.4 is 5.73 Å². The molecule has 112 valence electrons. The van der Waals surface area contributed by atoms with E-state index in [-0.39, 0.29) is 11.4 Å². The molecule has 1 aromatic carbocycles. The Morgan fingerprint density at radius 3 is 2.80 bits per heavy atom. The SMILES string of the molecule is CCC1CCCN(S(=O)(=O)c2ccc(CN)cc2F)C1. The van der Waals surface area contributed by atoms with Crippen LogP contribution in [0.25, 0.3) is 0 Å². The monoisotopic (exact) mass is 300 g/mol. The molecule has 4 nitrogen and oxygen atoms in total. The maximum Gasteiger partial charge on any atom is 0.245 e. The molecule has 1 aromatic rings. The Morgan fingerprint density at radius 2 is 2.20 bits per heavy atom. The van der Waals surface area contributed by atoms with E-state index >= 15 is 0 Å².